The lowest BCUT2D eigenvalue weighted by Gasteiger charge is -2.09. The molecule has 0 saturated carbocycles. The number of aromatic nitrogens is 1. The third-order valence-electron chi connectivity index (χ3n) is 2.59. The van der Waals surface area contributed by atoms with Gasteiger partial charge in [0.05, 0.1) is 11.5 Å². The van der Waals surface area contributed by atoms with Crippen LogP contribution in [0.2, 0.25) is 5.02 Å². The van der Waals surface area contributed by atoms with E-state index >= 15 is 0 Å². The molecule has 21 heavy (non-hydrogen) atoms. The lowest BCUT2D eigenvalue weighted by molar-refractivity contribution is -0.120. The number of benzene rings is 1. The molecule has 0 saturated heterocycles. The third-order valence-corrected chi connectivity index (χ3v) is 3.95. The Balaban J connectivity index is 1.85. The Morgan fingerprint density at radius 3 is 2.62 bits per heavy atom. The smallest absolute Gasteiger partial charge is 0.253 e. The Hall–Kier alpha value is -1.85. The molecule has 1 aromatic heterocycles. The van der Waals surface area contributed by atoms with Gasteiger partial charge in [0.1, 0.15) is 0 Å². The van der Waals surface area contributed by atoms with E-state index in [0.29, 0.717) is 5.02 Å². The van der Waals surface area contributed by atoms with Crippen LogP contribution in [0.4, 0.5) is 0 Å². The van der Waals surface area contributed by atoms with Crippen LogP contribution in [0.25, 0.3) is 0 Å². The van der Waals surface area contributed by atoms with Crippen LogP contribution in [0.15, 0.2) is 58.8 Å². The second kappa shape index (κ2) is 7.81. The third kappa shape index (κ3) is 5.21. The van der Waals surface area contributed by atoms with Crippen molar-refractivity contribution in [2.45, 2.75) is 17.1 Å². The number of hydrogen-bond donors (Lipinski definition) is 1. The number of rotatable bonds is 5. The average Bonchev–Trinajstić information content (AvgIpc) is 2.50. The van der Waals surface area contributed by atoms with E-state index in [1.165, 1.54) is 11.8 Å². The van der Waals surface area contributed by atoms with Gasteiger partial charge in [0.15, 0.2) is 0 Å². The molecule has 108 valence electrons. The molecular formula is C15H14ClN3OS. The summed E-state index contributed by atoms with van der Waals surface area (Å²) < 4.78 is 0. The van der Waals surface area contributed by atoms with Gasteiger partial charge in [0.25, 0.3) is 5.91 Å². The number of hydrazone groups is 1. The Morgan fingerprint density at radius 1 is 1.29 bits per heavy atom. The fraction of sp³-hybridized carbons (Fsp3) is 0.133. The molecule has 0 aliphatic heterocycles. The molecule has 1 atom stereocenters. The zero-order valence-corrected chi connectivity index (χ0v) is 12.9. The number of amides is 1. The summed E-state index contributed by atoms with van der Waals surface area (Å²) >= 11 is 7.28. The highest BCUT2D eigenvalue weighted by Crippen LogP contribution is 2.24. The summed E-state index contributed by atoms with van der Waals surface area (Å²) in [5.74, 6) is -0.153. The summed E-state index contributed by atoms with van der Waals surface area (Å²) in [5, 5.41) is 4.36. The maximum Gasteiger partial charge on any atom is 0.253 e. The second-order valence-corrected chi connectivity index (χ2v) is 6.08. The van der Waals surface area contributed by atoms with Crippen LogP contribution in [0.1, 0.15) is 12.5 Å². The van der Waals surface area contributed by atoms with Gasteiger partial charge in [-0.15, -0.1) is 11.8 Å². The van der Waals surface area contributed by atoms with Gasteiger partial charge in [-0.3, -0.25) is 9.78 Å². The molecule has 0 aliphatic carbocycles. The van der Waals surface area contributed by atoms with E-state index in [-0.39, 0.29) is 11.2 Å². The Bertz CT molecular complexity index is 617. The van der Waals surface area contributed by atoms with E-state index in [0.717, 1.165) is 10.5 Å². The van der Waals surface area contributed by atoms with E-state index in [1.807, 2.05) is 31.2 Å². The molecule has 0 bridgehead atoms. The molecule has 6 heteroatoms. The number of halogens is 1. The first-order valence-electron chi connectivity index (χ1n) is 6.30. The minimum atomic E-state index is -0.249. The standard InChI is InChI=1S/C15H14ClN3OS/c1-11(21-14-4-2-13(16)3-5-14)15(20)19-18-10-12-6-8-17-9-7-12/h2-11H,1H3,(H,19,20)/b18-10-/t11-/m0/s1. The van der Waals surface area contributed by atoms with Crippen molar-refractivity contribution in [3.63, 3.8) is 0 Å². The van der Waals surface area contributed by atoms with Crippen molar-refractivity contribution in [1.82, 2.24) is 10.4 Å². The summed E-state index contributed by atoms with van der Waals surface area (Å²) in [7, 11) is 0. The number of thioether (sulfide) groups is 1. The minimum Gasteiger partial charge on any atom is -0.272 e. The van der Waals surface area contributed by atoms with Crippen LogP contribution >= 0.6 is 23.4 Å². The van der Waals surface area contributed by atoms with E-state index in [1.54, 1.807) is 30.7 Å². The van der Waals surface area contributed by atoms with Crippen molar-refractivity contribution in [2.24, 2.45) is 5.10 Å². The van der Waals surface area contributed by atoms with Crippen LogP contribution in [-0.2, 0) is 4.79 Å². The minimum absolute atomic E-state index is 0.153. The summed E-state index contributed by atoms with van der Waals surface area (Å²) in [4.78, 5) is 16.8. The SMILES string of the molecule is C[C@H](Sc1ccc(Cl)cc1)C(=O)N/N=C\c1ccncc1. The quantitative estimate of drug-likeness (QED) is 0.522. The molecule has 2 aromatic rings. The zero-order chi connectivity index (χ0) is 15.1. The average molecular weight is 320 g/mol. The van der Waals surface area contributed by atoms with Crippen LogP contribution in [0.3, 0.4) is 0 Å². The molecule has 1 amide bonds. The first-order valence-corrected chi connectivity index (χ1v) is 7.56. The predicted molar refractivity (Wildman–Crippen MR) is 86.7 cm³/mol. The fourth-order valence-electron chi connectivity index (χ4n) is 1.48. The van der Waals surface area contributed by atoms with Crippen LogP contribution in [0, 0.1) is 0 Å². The van der Waals surface area contributed by atoms with Crippen molar-refractivity contribution >= 4 is 35.5 Å². The first kappa shape index (κ1) is 15.5. The van der Waals surface area contributed by atoms with Crippen molar-refractivity contribution < 1.29 is 4.79 Å². The molecule has 0 spiro atoms. The van der Waals surface area contributed by atoms with E-state index in [9.17, 15) is 4.79 Å². The van der Waals surface area contributed by atoms with Gasteiger partial charge in [0, 0.05) is 22.3 Å². The lowest BCUT2D eigenvalue weighted by Crippen LogP contribution is -2.26. The monoisotopic (exact) mass is 319 g/mol. The van der Waals surface area contributed by atoms with E-state index in [2.05, 4.69) is 15.5 Å². The number of hydrogen-bond acceptors (Lipinski definition) is 4. The molecule has 0 unspecified atom stereocenters. The van der Waals surface area contributed by atoms with Gasteiger partial charge in [0.2, 0.25) is 0 Å². The van der Waals surface area contributed by atoms with Crippen molar-refractivity contribution in [3.05, 3.63) is 59.4 Å². The van der Waals surface area contributed by atoms with Gasteiger partial charge in [-0.05, 0) is 48.9 Å². The Labute approximate surface area is 132 Å². The maximum absolute atomic E-state index is 11.9. The molecule has 1 aromatic carbocycles. The molecule has 0 radical (unpaired) electrons. The first-order chi connectivity index (χ1) is 10.1. The van der Waals surface area contributed by atoms with Crippen LogP contribution in [0.5, 0.6) is 0 Å². The van der Waals surface area contributed by atoms with Gasteiger partial charge in [-0.25, -0.2) is 5.43 Å². The lowest BCUT2D eigenvalue weighted by atomic mass is 10.3. The molecule has 4 nitrogen and oxygen atoms in total. The van der Waals surface area contributed by atoms with Crippen molar-refractivity contribution in [1.29, 1.82) is 0 Å². The molecule has 2 rings (SSSR count). The summed E-state index contributed by atoms with van der Waals surface area (Å²) in [6.07, 6.45) is 4.92. The normalized spacial score (nSPS) is 12.3. The molecular weight excluding hydrogens is 306 g/mol. The molecule has 1 N–H and O–H groups in total. The van der Waals surface area contributed by atoms with Crippen molar-refractivity contribution in [2.75, 3.05) is 0 Å². The highest BCUT2D eigenvalue weighted by molar-refractivity contribution is 8.00. The molecule has 0 aliphatic rings. The molecule has 0 fully saturated rings. The summed E-state index contributed by atoms with van der Waals surface area (Å²) in [5.41, 5.74) is 3.40. The summed E-state index contributed by atoms with van der Waals surface area (Å²) in [6, 6.07) is 11.0. The van der Waals surface area contributed by atoms with Crippen LogP contribution < -0.4 is 5.43 Å². The number of carbonyl (C=O) groups is 1. The highest BCUT2D eigenvalue weighted by atomic mass is 35.5. The highest BCUT2D eigenvalue weighted by Gasteiger charge is 2.13. The van der Waals surface area contributed by atoms with Gasteiger partial charge in [-0.1, -0.05) is 11.6 Å². The zero-order valence-electron chi connectivity index (χ0n) is 11.4. The number of nitrogens with one attached hydrogen (secondary N) is 1. The summed E-state index contributed by atoms with van der Waals surface area (Å²) in [6.45, 7) is 1.83. The number of carbonyl (C=O) groups excluding carboxylic acids is 1. The number of nitrogens with zero attached hydrogens (tertiary/aromatic N) is 2. The van der Waals surface area contributed by atoms with Crippen molar-refractivity contribution in [3.8, 4) is 0 Å². The largest absolute Gasteiger partial charge is 0.272 e. The second-order valence-electron chi connectivity index (χ2n) is 4.23. The topological polar surface area (TPSA) is 54.4 Å². The van der Waals surface area contributed by atoms with E-state index in [4.69, 9.17) is 11.6 Å². The van der Waals surface area contributed by atoms with Gasteiger partial charge in [-0.2, -0.15) is 5.10 Å². The van der Waals surface area contributed by atoms with Gasteiger partial charge < -0.3 is 0 Å². The van der Waals surface area contributed by atoms with E-state index < -0.39 is 0 Å². The fourth-order valence-corrected chi connectivity index (χ4v) is 2.47. The maximum atomic E-state index is 11.9. The Kier molecular flexibility index (Phi) is 5.78. The van der Waals surface area contributed by atoms with Crippen LogP contribution in [-0.4, -0.2) is 22.4 Å². The molecule has 1 heterocycles. The number of pyridine rings is 1. The Morgan fingerprint density at radius 2 is 1.95 bits per heavy atom. The predicted octanol–water partition coefficient (Wildman–Crippen LogP) is 3.37. The van der Waals surface area contributed by atoms with Gasteiger partial charge >= 0.3 is 0 Å².